The zero-order valence-electron chi connectivity index (χ0n) is 11.2. The molecular formula is C14H18BrN3O. The van der Waals surface area contributed by atoms with E-state index in [1.807, 2.05) is 36.9 Å². The van der Waals surface area contributed by atoms with Gasteiger partial charge in [0.05, 0.1) is 6.61 Å². The van der Waals surface area contributed by atoms with E-state index >= 15 is 0 Å². The largest absolute Gasteiger partial charge is 0.493 e. The number of imidazole rings is 1. The molecule has 0 fully saturated rings. The van der Waals surface area contributed by atoms with Crippen LogP contribution in [0, 0.1) is 6.92 Å². The van der Waals surface area contributed by atoms with E-state index in [9.17, 15) is 0 Å². The summed E-state index contributed by atoms with van der Waals surface area (Å²) < 4.78 is 8.92. The van der Waals surface area contributed by atoms with Crippen LogP contribution in [0.2, 0.25) is 0 Å². The van der Waals surface area contributed by atoms with Crippen molar-refractivity contribution in [3.05, 3.63) is 46.0 Å². The number of nitrogens with two attached hydrogens (primary N) is 1. The number of nitrogens with zero attached hydrogens (tertiary/aromatic N) is 2. The van der Waals surface area contributed by atoms with Gasteiger partial charge in [0.15, 0.2) is 0 Å². The van der Waals surface area contributed by atoms with E-state index in [0.717, 1.165) is 33.6 Å². The van der Waals surface area contributed by atoms with Gasteiger partial charge in [-0.05, 0) is 24.6 Å². The Labute approximate surface area is 121 Å². The van der Waals surface area contributed by atoms with Gasteiger partial charge in [0.1, 0.15) is 11.6 Å². The highest BCUT2D eigenvalue weighted by Gasteiger charge is 2.08. The highest BCUT2D eigenvalue weighted by molar-refractivity contribution is 9.10. The monoisotopic (exact) mass is 323 g/mol. The fraction of sp³-hybridized carbons (Fsp3) is 0.357. The molecule has 0 atom stereocenters. The Bertz CT molecular complexity index is 566. The lowest BCUT2D eigenvalue weighted by molar-refractivity contribution is 0.312. The molecule has 0 unspecified atom stereocenters. The maximum absolute atomic E-state index is 5.89. The summed E-state index contributed by atoms with van der Waals surface area (Å²) in [5.41, 5.74) is 7.87. The van der Waals surface area contributed by atoms with Gasteiger partial charge in [-0.3, -0.25) is 0 Å². The van der Waals surface area contributed by atoms with Crippen molar-refractivity contribution in [3.63, 3.8) is 0 Å². The minimum absolute atomic E-state index is 0.470. The maximum atomic E-state index is 5.89. The number of aromatic nitrogens is 2. The first kappa shape index (κ1) is 14.1. The molecule has 0 bridgehead atoms. The van der Waals surface area contributed by atoms with Crippen LogP contribution in [0.25, 0.3) is 0 Å². The number of halogens is 1. The Kier molecular flexibility index (Phi) is 4.61. The SMILES string of the molecule is Cc1cc(Br)cc(CN)c1OCCc1nccn1C. The average molecular weight is 324 g/mol. The van der Waals surface area contributed by atoms with Crippen LogP contribution >= 0.6 is 15.9 Å². The number of aryl methyl sites for hydroxylation is 2. The van der Waals surface area contributed by atoms with Gasteiger partial charge in [-0.1, -0.05) is 15.9 Å². The third kappa shape index (κ3) is 3.36. The van der Waals surface area contributed by atoms with Gasteiger partial charge < -0.3 is 15.0 Å². The van der Waals surface area contributed by atoms with Crippen molar-refractivity contribution in [1.29, 1.82) is 0 Å². The van der Waals surface area contributed by atoms with E-state index in [1.54, 1.807) is 6.20 Å². The fourth-order valence-electron chi connectivity index (χ4n) is 2.04. The molecule has 0 radical (unpaired) electrons. The average Bonchev–Trinajstić information content (AvgIpc) is 2.77. The standard InChI is InChI=1S/C14H18BrN3O/c1-10-7-12(15)8-11(9-16)14(10)19-6-3-13-17-4-5-18(13)2/h4-5,7-8H,3,6,9,16H2,1-2H3. The molecule has 2 N–H and O–H groups in total. The first-order valence-corrected chi connectivity index (χ1v) is 6.99. The molecule has 1 aromatic carbocycles. The summed E-state index contributed by atoms with van der Waals surface area (Å²) in [7, 11) is 1.98. The van der Waals surface area contributed by atoms with Gasteiger partial charge in [0, 0.05) is 42.4 Å². The summed E-state index contributed by atoms with van der Waals surface area (Å²) in [5, 5.41) is 0. The lowest BCUT2D eigenvalue weighted by atomic mass is 10.1. The molecule has 0 aliphatic carbocycles. The predicted octanol–water partition coefficient (Wildman–Crippen LogP) is 2.57. The van der Waals surface area contributed by atoms with Gasteiger partial charge in [-0.25, -0.2) is 4.98 Å². The molecule has 2 rings (SSSR count). The third-order valence-corrected chi connectivity index (χ3v) is 3.49. The molecule has 4 nitrogen and oxygen atoms in total. The van der Waals surface area contributed by atoms with Crippen LogP contribution in [-0.4, -0.2) is 16.2 Å². The molecule has 0 amide bonds. The Morgan fingerprint density at radius 2 is 2.21 bits per heavy atom. The summed E-state index contributed by atoms with van der Waals surface area (Å²) in [4.78, 5) is 4.28. The number of benzene rings is 1. The number of ether oxygens (including phenoxy) is 1. The van der Waals surface area contributed by atoms with E-state index in [0.29, 0.717) is 13.2 Å². The summed E-state index contributed by atoms with van der Waals surface area (Å²) in [6, 6.07) is 4.04. The molecule has 1 aromatic heterocycles. The van der Waals surface area contributed by atoms with Gasteiger partial charge in [0.2, 0.25) is 0 Å². The number of hydrogen-bond acceptors (Lipinski definition) is 3. The second-order valence-electron chi connectivity index (χ2n) is 4.47. The predicted molar refractivity (Wildman–Crippen MR) is 79.2 cm³/mol. The molecule has 0 saturated heterocycles. The number of rotatable bonds is 5. The second-order valence-corrected chi connectivity index (χ2v) is 5.38. The van der Waals surface area contributed by atoms with Gasteiger partial charge in [-0.2, -0.15) is 0 Å². The van der Waals surface area contributed by atoms with E-state index < -0.39 is 0 Å². The lowest BCUT2D eigenvalue weighted by Crippen LogP contribution is -2.09. The maximum Gasteiger partial charge on any atom is 0.126 e. The zero-order valence-corrected chi connectivity index (χ0v) is 12.8. The van der Waals surface area contributed by atoms with Crippen molar-refractivity contribution in [2.75, 3.05) is 6.61 Å². The van der Waals surface area contributed by atoms with Crippen molar-refractivity contribution in [3.8, 4) is 5.75 Å². The quantitative estimate of drug-likeness (QED) is 0.920. The smallest absolute Gasteiger partial charge is 0.126 e. The molecule has 19 heavy (non-hydrogen) atoms. The molecule has 0 aliphatic heterocycles. The van der Waals surface area contributed by atoms with Crippen LogP contribution in [0.5, 0.6) is 5.75 Å². The Balaban J connectivity index is 2.05. The normalized spacial score (nSPS) is 10.7. The van der Waals surface area contributed by atoms with Crippen molar-refractivity contribution >= 4 is 15.9 Å². The van der Waals surface area contributed by atoms with E-state index in [4.69, 9.17) is 10.5 Å². The second kappa shape index (κ2) is 6.21. The van der Waals surface area contributed by atoms with Crippen LogP contribution in [-0.2, 0) is 20.0 Å². The molecule has 5 heteroatoms. The van der Waals surface area contributed by atoms with Crippen molar-refractivity contribution in [2.45, 2.75) is 19.9 Å². The third-order valence-electron chi connectivity index (χ3n) is 3.03. The molecule has 2 aromatic rings. The highest BCUT2D eigenvalue weighted by Crippen LogP contribution is 2.27. The van der Waals surface area contributed by atoms with Crippen LogP contribution in [0.4, 0.5) is 0 Å². The minimum Gasteiger partial charge on any atom is -0.493 e. The van der Waals surface area contributed by atoms with Crippen molar-refractivity contribution in [1.82, 2.24) is 9.55 Å². The van der Waals surface area contributed by atoms with Crippen molar-refractivity contribution in [2.24, 2.45) is 12.8 Å². The molecule has 0 aliphatic rings. The summed E-state index contributed by atoms with van der Waals surface area (Å²) in [6.07, 6.45) is 4.51. The first-order chi connectivity index (χ1) is 9.11. The summed E-state index contributed by atoms with van der Waals surface area (Å²) in [6.45, 7) is 3.10. The van der Waals surface area contributed by atoms with Crippen molar-refractivity contribution < 1.29 is 4.74 Å². The Hall–Kier alpha value is -1.33. The van der Waals surface area contributed by atoms with Gasteiger partial charge >= 0.3 is 0 Å². The van der Waals surface area contributed by atoms with Crippen LogP contribution < -0.4 is 10.5 Å². The highest BCUT2D eigenvalue weighted by atomic mass is 79.9. The fourth-order valence-corrected chi connectivity index (χ4v) is 2.66. The van der Waals surface area contributed by atoms with Gasteiger partial charge in [0.25, 0.3) is 0 Å². The van der Waals surface area contributed by atoms with E-state index in [2.05, 4.69) is 20.9 Å². The van der Waals surface area contributed by atoms with Crippen LogP contribution in [0.3, 0.4) is 0 Å². The Morgan fingerprint density at radius 3 is 2.84 bits per heavy atom. The van der Waals surface area contributed by atoms with E-state index in [1.165, 1.54) is 0 Å². The summed E-state index contributed by atoms with van der Waals surface area (Å²) in [5.74, 6) is 1.91. The number of hydrogen-bond donors (Lipinski definition) is 1. The van der Waals surface area contributed by atoms with Crippen LogP contribution in [0.1, 0.15) is 17.0 Å². The van der Waals surface area contributed by atoms with E-state index in [-0.39, 0.29) is 0 Å². The minimum atomic E-state index is 0.470. The molecule has 102 valence electrons. The summed E-state index contributed by atoms with van der Waals surface area (Å²) >= 11 is 3.47. The first-order valence-electron chi connectivity index (χ1n) is 6.20. The molecule has 1 heterocycles. The molecule has 0 spiro atoms. The molecular weight excluding hydrogens is 306 g/mol. The lowest BCUT2D eigenvalue weighted by Gasteiger charge is -2.14. The molecule has 0 saturated carbocycles. The van der Waals surface area contributed by atoms with Gasteiger partial charge in [-0.15, -0.1) is 0 Å². The zero-order chi connectivity index (χ0) is 13.8. The van der Waals surface area contributed by atoms with Crippen LogP contribution in [0.15, 0.2) is 29.0 Å². The Morgan fingerprint density at radius 1 is 1.42 bits per heavy atom. The topological polar surface area (TPSA) is 53.1 Å².